The van der Waals surface area contributed by atoms with E-state index in [1.165, 1.54) is 6.07 Å². The molecule has 1 amide bonds. The van der Waals surface area contributed by atoms with Gasteiger partial charge in [0.2, 0.25) is 5.91 Å². The predicted molar refractivity (Wildman–Crippen MR) is 54.2 cm³/mol. The first-order chi connectivity index (χ1) is 7.24. The van der Waals surface area contributed by atoms with Crippen LogP contribution in [-0.2, 0) is 11.2 Å². The van der Waals surface area contributed by atoms with Crippen LogP contribution in [0.1, 0.15) is 5.56 Å². The van der Waals surface area contributed by atoms with Crippen molar-refractivity contribution in [2.75, 3.05) is 18.0 Å². The number of fused-ring (bicyclic) bond motifs is 3. The van der Waals surface area contributed by atoms with Gasteiger partial charge in [0.05, 0.1) is 12.6 Å². The fourth-order valence-corrected chi connectivity index (χ4v) is 2.40. The van der Waals surface area contributed by atoms with Gasteiger partial charge >= 0.3 is 0 Å². The van der Waals surface area contributed by atoms with Gasteiger partial charge in [-0.25, -0.2) is 4.39 Å². The zero-order chi connectivity index (χ0) is 10.4. The summed E-state index contributed by atoms with van der Waals surface area (Å²) in [6, 6.07) is 5.09. The molecule has 1 atom stereocenters. The van der Waals surface area contributed by atoms with Crippen LogP contribution in [0.15, 0.2) is 18.2 Å². The van der Waals surface area contributed by atoms with E-state index in [9.17, 15) is 9.18 Å². The number of carbonyl (C=O) groups is 1. The predicted octanol–water partition coefficient (Wildman–Crippen LogP) is 0.687. The molecule has 2 heterocycles. The lowest BCUT2D eigenvalue weighted by atomic mass is 10.1. The minimum atomic E-state index is -0.201. The van der Waals surface area contributed by atoms with Crippen LogP contribution in [0.4, 0.5) is 10.1 Å². The first-order valence-electron chi connectivity index (χ1n) is 5.06. The van der Waals surface area contributed by atoms with E-state index in [0.29, 0.717) is 19.1 Å². The Kier molecular flexibility index (Phi) is 1.71. The number of nitrogens with one attached hydrogen (secondary N) is 1. The van der Waals surface area contributed by atoms with E-state index in [0.717, 1.165) is 17.7 Å². The zero-order valence-corrected chi connectivity index (χ0v) is 8.16. The van der Waals surface area contributed by atoms with Crippen molar-refractivity contribution in [1.82, 2.24) is 5.32 Å². The van der Waals surface area contributed by atoms with Crippen LogP contribution < -0.4 is 10.2 Å². The molecule has 2 aliphatic heterocycles. The number of anilines is 1. The molecule has 0 aromatic heterocycles. The summed E-state index contributed by atoms with van der Waals surface area (Å²) in [6.07, 6.45) is 0.827. The molecule has 1 N–H and O–H groups in total. The molecule has 1 fully saturated rings. The van der Waals surface area contributed by atoms with Crippen molar-refractivity contribution in [2.45, 2.75) is 12.5 Å². The smallest absolute Gasteiger partial charge is 0.239 e. The number of hydrogen-bond donors (Lipinski definition) is 1. The molecule has 15 heavy (non-hydrogen) atoms. The first kappa shape index (κ1) is 8.71. The van der Waals surface area contributed by atoms with Crippen LogP contribution in [0.25, 0.3) is 0 Å². The second kappa shape index (κ2) is 2.95. The molecule has 1 aromatic carbocycles. The molecule has 3 rings (SSSR count). The standard InChI is InChI=1S/C11H11FN2O/c12-8-1-2-10-7(3-8)4-9-5-13-11(15)6-14(9)10/h1-3,9H,4-6H2,(H,13,15). The van der Waals surface area contributed by atoms with Crippen molar-refractivity contribution in [1.29, 1.82) is 0 Å². The third kappa shape index (κ3) is 1.28. The van der Waals surface area contributed by atoms with Gasteiger partial charge in [0.1, 0.15) is 5.82 Å². The Morgan fingerprint density at radius 3 is 3.20 bits per heavy atom. The quantitative estimate of drug-likeness (QED) is 0.677. The highest BCUT2D eigenvalue weighted by Crippen LogP contribution is 2.33. The molecule has 2 aliphatic rings. The van der Waals surface area contributed by atoms with Gasteiger partial charge < -0.3 is 10.2 Å². The van der Waals surface area contributed by atoms with E-state index in [4.69, 9.17) is 0 Å². The molecule has 1 unspecified atom stereocenters. The van der Waals surface area contributed by atoms with Crippen molar-refractivity contribution in [3.8, 4) is 0 Å². The molecule has 1 aromatic rings. The molecule has 78 valence electrons. The average molecular weight is 206 g/mol. The summed E-state index contributed by atoms with van der Waals surface area (Å²) >= 11 is 0. The molecular weight excluding hydrogens is 195 g/mol. The van der Waals surface area contributed by atoms with E-state index >= 15 is 0 Å². The second-order valence-corrected chi connectivity index (χ2v) is 4.06. The highest BCUT2D eigenvalue weighted by Gasteiger charge is 2.33. The third-order valence-corrected chi connectivity index (χ3v) is 3.10. The highest BCUT2D eigenvalue weighted by atomic mass is 19.1. The van der Waals surface area contributed by atoms with Gasteiger partial charge in [-0.15, -0.1) is 0 Å². The number of benzene rings is 1. The maximum atomic E-state index is 13.0. The summed E-state index contributed by atoms with van der Waals surface area (Å²) in [7, 11) is 0. The molecule has 0 spiro atoms. The lowest BCUT2D eigenvalue weighted by Gasteiger charge is -2.31. The van der Waals surface area contributed by atoms with Gasteiger partial charge in [-0.2, -0.15) is 0 Å². The van der Waals surface area contributed by atoms with E-state index in [1.54, 1.807) is 12.1 Å². The first-order valence-corrected chi connectivity index (χ1v) is 5.06. The fourth-order valence-electron chi connectivity index (χ4n) is 2.40. The summed E-state index contributed by atoms with van der Waals surface area (Å²) in [5.74, 6) is -0.156. The van der Waals surface area contributed by atoms with Gasteiger partial charge in [-0.3, -0.25) is 4.79 Å². The highest BCUT2D eigenvalue weighted by molar-refractivity contribution is 5.84. The monoisotopic (exact) mass is 206 g/mol. The van der Waals surface area contributed by atoms with Crippen molar-refractivity contribution >= 4 is 11.6 Å². The lowest BCUT2D eigenvalue weighted by Crippen LogP contribution is -2.52. The number of amides is 1. The van der Waals surface area contributed by atoms with Crippen LogP contribution in [-0.4, -0.2) is 25.0 Å². The number of nitrogens with zero attached hydrogens (tertiary/aromatic N) is 1. The minimum absolute atomic E-state index is 0.0448. The van der Waals surface area contributed by atoms with Gasteiger partial charge in [-0.1, -0.05) is 0 Å². The van der Waals surface area contributed by atoms with Crippen LogP contribution in [0.5, 0.6) is 0 Å². The summed E-state index contributed by atoms with van der Waals surface area (Å²) in [5.41, 5.74) is 2.02. The van der Waals surface area contributed by atoms with Crippen LogP contribution in [0, 0.1) is 5.82 Å². The Balaban J connectivity index is 2.00. The summed E-state index contributed by atoms with van der Waals surface area (Å²) < 4.78 is 13.0. The zero-order valence-electron chi connectivity index (χ0n) is 8.16. The van der Waals surface area contributed by atoms with Gasteiger partial charge in [0.25, 0.3) is 0 Å². The molecule has 4 heteroatoms. The number of halogens is 1. The number of carbonyl (C=O) groups excluding carboxylic acids is 1. The molecule has 0 saturated carbocycles. The maximum Gasteiger partial charge on any atom is 0.239 e. The summed E-state index contributed by atoms with van der Waals surface area (Å²) in [4.78, 5) is 13.3. The van der Waals surface area contributed by atoms with Crippen molar-refractivity contribution in [3.63, 3.8) is 0 Å². The lowest BCUT2D eigenvalue weighted by molar-refractivity contribution is -0.120. The maximum absolute atomic E-state index is 13.0. The summed E-state index contributed by atoms with van der Waals surface area (Å²) in [5, 5.41) is 2.83. The van der Waals surface area contributed by atoms with Crippen LogP contribution in [0.3, 0.4) is 0 Å². The minimum Gasteiger partial charge on any atom is -0.357 e. The van der Waals surface area contributed by atoms with Crippen molar-refractivity contribution in [2.24, 2.45) is 0 Å². The third-order valence-electron chi connectivity index (χ3n) is 3.10. The topological polar surface area (TPSA) is 32.3 Å². The van der Waals surface area contributed by atoms with Crippen LogP contribution >= 0.6 is 0 Å². The van der Waals surface area contributed by atoms with Crippen molar-refractivity contribution in [3.05, 3.63) is 29.6 Å². The fraction of sp³-hybridized carbons (Fsp3) is 0.364. The molecular formula is C11H11FN2O. The Hall–Kier alpha value is -1.58. The number of hydrogen-bond acceptors (Lipinski definition) is 2. The van der Waals surface area contributed by atoms with E-state index < -0.39 is 0 Å². The Labute approximate surface area is 86.9 Å². The molecule has 0 bridgehead atoms. The van der Waals surface area contributed by atoms with E-state index in [-0.39, 0.29) is 11.7 Å². The van der Waals surface area contributed by atoms with Gasteiger partial charge in [-0.05, 0) is 30.2 Å². The molecule has 3 nitrogen and oxygen atoms in total. The normalized spacial score (nSPS) is 23.4. The SMILES string of the molecule is O=C1CN2c3ccc(F)cc3CC2CN1. The molecule has 0 aliphatic carbocycles. The number of piperazine rings is 1. The molecule has 0 radical (unpaired) electrons. The largest absolute Gasteiger partial charge is 0.357 e. The van der Waals surface area contributed by atoms with E-state index in [2.05, 4.69) is 10.2 Å². The van der Waals surface area contributed by atoms with E-state index in [1.807, 2.05) is 0 Å². The van der Waals surface area contributed by atoms with Gasteiger partial charge in [0, 0.05) is 12.2 Å². The Bertz CT molecular complexity index is 433. The van der Waals surface area contributed by atoms with Crippen molar-refractivity contribution < 1.29 is 9.18 Å². The molecule has 1 saturated heterocycles. The second-order valence-electron chi connectivity index (χ2n) is 4.06. The van der Waals surface area contributed by atoms with Gasteiger partial charge in [0.15, 0.2) is 0 Å². The Morgan fingerprint density at radius 2 is 2.33 bits per heavy atom. The number of rotatable bonds is 0. The Morgan fingerprint density at radius 1 is 1.47 bits per heavy atom. The average Bonchev–Trinajstić information content (AvgIpc) is 2.54. The summed E-state index contributed by atoms with van der Waals surface area (Å²) in [6.45, 7) is 1.05. The van der Waals surface area contributed by atoms with Crippen LogP contribution in [0.2, 0.25) is 0 Å².